The SMILES string of the molecule is CCCCS[C@]1(C(=O)OC)CC(=O)N(Cc2ccccc2)[C@@H]1c1ccccc1I. The molecular weight excluding hydrogens is 497 g/mol. The molecule has 0 bridgehead atoms. The lowest BCUT2D eigenvalue weighted by Gasteiger charge is -2.36. The number of unbranched alkanes of at least 4 members (excludes halogenated alkanes) is 1. The topological polar surface area (TPSA) is 46.6 Å². The van der Waals surface area contributed by atoms with Gasteiger partial charge in [0.2, 0.25) is 5.91 Å². The van der Waals surface area contributed by atoms with Gasteiger partial charge >= 0.3 is 5.97 Å². The van der Waals surface area contributed by atoms with Crippen LogP contribution >= 0.6 is 34.4 Å². The molecule has 1 amide bonds. The minimum Gasteiger partial charge on any atom is -0.468 e. The zero-order valence-electron chi connectivity index (χ0n) is 16.8. The van der Waals surface area contributed by atoms with Crippen molar-refractivity contribution >= 4 is 46.2 Å². The van der Waals surface area contributed by atoms with Crippen molar-refractivity contribution < 1.29 is 14.3 Å². The number of esters is 1. The Bertz CT molecular complexity index is 860. The second-order valence-electron chi connectivity index (χ2n) is 7.19. The number of carbonyl (C=O) groups excluding carboxylic acids is 2. The normalized spacial score (nSPS) is 21.4. The Balaban J connectivity index is 2.09. The number of rotatable bonds is 8. The Morgan fingerprint density at radius 1 is 1.21 bits per heavy atom. The van der Waals surface area contributed by atoms with Crippen LogP contribution in [0.3, 0.4) is 0 Å². The van der Waals surface area contributed by atoms with Gasteiger partial charge in [-0.05, 0) is 52.0 Å². The van der Waals surface area contributed by atoms with Crippen molar-refractivity contribution in [1.82, 2.24) is 4.90 Å². The summed E-state index contributed by atoms with van der Waals surface area (Å²) in [5.74, 6) is 0.498. The third-order valence-electron chi connectivity index (χ3n) is 5.27. The van der Waals surface area contributed by atoms with E-state index in [1.807, 2.05) is 59.5 Å². The molecule has 29 heavy (non-hydrogen) atoms. The van der Waals surface area contributed by atoms with E-state index in [-0.39, 0.29) is 24.3 Å². The first kappa shape index (κ1) is 22.2. The number of thioether (sulfide) groups is 1. The van der Waals surface area contributed by atoms with E-state index < -0.39 is 4.75 Å². The molecule has 154 valence electrons. The van der Waals surface area contributed by atoms with Gasteiger partial charge in [0, 0.05) is 10.1 Å². The van der Waals surface area contributed by atoms with E-state index in [1.165, 1.54) is 7.11 Å². The molecule has 6 heteroatoms. The molecule has 0 aliphatic carbocycles. The minimum atomic E-state index is -0.933. The fourth-order valence-electron chi connectivity index (χ4n) is 3.84. The molecule has 1 fully saturated rings. The Kier molecular flexibility index (Phi) is 7.62. The molecule has 2 aromatic carbocycles. The second kappa shape index (κ2) is 9.98. The summed E-state index contributed by atoms with van der Waals surface area (Å²) in [7, 11) is 1.42. The molecule has 1 aliphatic rings. The van der Waals surface area contributed by atoms with Crippen LogP contribution in [-0.2, 0) is 20.9 Å². The highest BCUT2D eigenvalue weighted by atomic mass is 127. The molecule has 1 saturated heterocycles. The second-order valence-corrected chi connectivity index (χ2v) is 9.78. The fourth-order valence-corrected chi connectivity index (χ4v) is 6.16. The maximum absolute atomic E-state index is 13.2. The summed E-state index contributed by atoms with van der Waals surface area (Å²) < 4.78 is 5.38. The van der Waals surface area contributed by atoms with Crippen LogP contribution in [0, 0.1) is 3.57 Å². The summed E-state index contributed by atoms with van der Waals surface area (Å²) in [6.07, 6.45) is 2.20. The predicted molar refractivity (Wildman–Crippen MR) is 126 cm³/mol. The van der Waals surface area contributed by atoms with Gasteiger partial charge in [-0.15, -0.1) is 11.8 Å². The smallest absolute Gasteiger partial charge is 0.324 e. The van der Waals surface area contributed by atoms with E-state index in [2.05, 4.69) is 29.5 Å². The number of halogens is 1. The lowest BCUT2D eigenvalue weighted by molar-refractivity contribution is -0.144. The minimum absolute atomic E-state index is 0.00657. The zero-order chi connectivity index (χ0) is 20.9. The number of benzene rings is 2. The summed E-state index contributed by atoms with van der Waals surface area (Å²) in [6.45, 7) is 2.60. The number of ether oxygens (including phenoxy) is 1. The standard InChI is InChI=1S/C23H26INO3S/c1-3-4-14-29-23(22(27)28-2)15-20(26)25(16-17-10-6-5-7-11-17)21(23)18-12-8-9-13-19(18)24/h5-13,21H,3-4,14-16H2,1-2H3/t21-,23-/m1/s1. The molecule has 2 atom stereocenters. The van der Waals surface area contributed by atoms with Crippen molar-refractivity contribution in [3.05, 3.63) is 69.3 Å². The van der Waals surface area contributed by atoms with Crippen LogP contribution in [0.15, 0.2) is 54.6 Å². The molecule has 0 N–H and O–H groups in total. The summed E-state index contributed by atoms with van der Waals surface area (Å²) in [6, 6.07) is 17.6. The Hall–Kier alpha value is -1.54. The molecule has 0 aromatic heterocycles. The molecule has 1 aliphatic heterocycles. The predicted octanol–water partition coefficient (Wildman–Crippen LogP) is 5.21. The van der Waals surface area contributed by atoms with Crippen LogP contribution in [0.25, 0.3) is 0 Å². The number of carbonyl (C=O) groups is 2. The third-order valence-corrected chi connectivity index (χ3v) is 7.80. The Labute approximate surface area is 190 Å². The van der Waals surface area contributed by atoms with Gasteiger partial charge in [0.25, 0.3) is 0 Å². The van der Waals surface area contributed by atoms with Gasteiger partial charge in [-0.2, -0.15) is 0 Å². The van der Waals surface area contributed by atoms with Gasteiger partial charge in [-0.3, -0.25) is 9.59 Å². The summed E-state index contributed by atoms with van der Waals surface area (Å²) >= 11 is 3.87. The average Bonchev–Trinajstić information content (AvgIpc) is 3.01. The molecule has 0 radical (unpaired) electrons. The van der Waals surface area contributed by atoms with Crippen molar-refractivity contribution in [2.75, 3.05) is 12.9 Å². The molecule has 0 spiro atoms. The van der Waals surface area contributed by atoms with Crippen LogP contribution in [0.5, 0.6) is 0 Å². The van der Waals surface area contributed by atoms with Gasteiger partial charge < -0.3 is 9.64 Å². The van der Waals surface area contributed by atoms with Crippen molar-refractivity contribution in [2.45, 2.75) is 43.5 Å². The average molecular weight is 523 g/mol. The fraction of sp³-hybridized carbons (Fsp3) is 0.391. The number of likely N-dealkylation sites (tertiary alicyclic amines) is 1. The zero-order valence-corrected chi connectivity index (χ0v) is 19.7. The lowest BCUT2D eigenvalue weighted by Crippen LogP contribution is -2.43. The maximum Gasteiger partial charge on any atom is 0.324 e. The quantitative estimate of drug-likeness (QED) is 0.271. The maximum atomic E-state index is 13.2. The van der Waals surface area contributed by atoms with Crippen LogP contribution in [0.4, 0.5) is 0 Å². The summed E-state index contributed by atoms with van der Waals surface area (Å²) in [5, 5.41) is 0. The van der Waals surface area contributed by atoms with E-state index in [4.69, 9.17) is 4.74 Å². The van der Waals surface area contributed by atoms with Gasteiger partial charge in [0.15, 0.2) is 0 Å². The van der Waals surface area contributed by atoms with Gasteiger partial charge in [-0.25, -0.2) is 0 Å². The number of hydrogen-bond donors (Lipinski definition) is 0. The summed E-state index contributed by atoms with van der Waals surface area (Å²) in [5.41, 5.74) is 2.06. The van der Waals surface area contributed by atoms with Crippen molar-refractivity contribution in [3.63, 3.8) is 0 Å². The third kappa shape index (κ3) is 4.63. The van der Waals surface area contributed by atoms with E-state index in [9.17, 15) is 9.59 Å². The molecule has 1 heterocycles. The highest BCUT2D eigenvalue weighted by Gasteiger charge is 2.58. The first-order chi connectivity index (χ1) is 14.0. The van der Waals surface area contributed by atoms with Gasteiger partial charge in [0.05, 0.1) is 19.6 Å². The van der Waals surface area contributed by atoms with Crippen LogP contribution < -0.4 is 0 Å². The number of methoxy groups -OCH3 is 1. The first-order valence-corrected chi connectivity index (χ1v) is 11.9. The number of amides is 1. The highest BCUT2D eigenvalue weighted by molar-refractivity contribution is 14.1. The lowest BCUT2D eigenvalue weighted by atomic mass is 9.92. The van der Waals surface area contributed by atoms with E-state index in [0.717, 1.165) is 33.3 Å². The number of nitrogens with zero attached hydrogens (tertiary/aromatic N) is 1. The molecule has 0 saturated carbocycles. The van der Waals surface area contributed by atoms with Gasteiger partial charge in [-0.1, -0.05) is 61.9 Å². The van der Waals surface area contributed by atoms with E-state index in [1.54, 1.807) is 11.8 Å². The molecule has 0 unspecified atom stereocenters. The summed E-state index contributed by atoms with van der Waals surface area (Å²) in [4.78, 5) is 28.3. The van der Waals surface area contributed by atoms with E-state index >= 15 is 0 Å². The van der Waals surface area contributed by atoms with Gasteiger partial charge in [0.1, 0.15) is 4.75 Å². The Morgan fingerprint density at radius 2 is 1.90 bits per heavy atom. The molecule has 3 rings (SSSR count). The molecule has 2 aromatic rings. The van der Waals surface area contributed by atoms with Crippen molar-refractivity contribution in [3.8, 4) is 0 Å². The van der Waals surface area contributed by atoms with Crippen LogP contribution in [0.2, 0.25) is 0 Å². The van der Waals surface area contributed by atoms with Crippen molar-refractivity contribution in [1.29, 1.82) is 0 Å². The monoisotopic (exact) mass is 523 g/mol. The van der Waals surface area contributed by atoms with Crippen LogP contribution in [0.1, 0.15) is 43.4 Å². The highest BCUT2D eigenvalue weighted by Crippen LogP contribution is 2.52. The van der Waals surface area contributed by atoms with Crippen LogP contribution in [-0.4, -0.2) is 34.4 Å². The number of hydrogen-bond acceptors (Lipinski definition) is 4. The molecule has 4 nitrogen and oxygen atoms in total. The molecular formula is C23H26INO3S. The van der Waals surface area contributed by atoms with Crippen molar-refractivity contribution in [2.24, 2.45) is 0 Å². The van der Waals surface area contributed by atoms with E-state index in [0.29, 0.717) is 6.54 Å². The Morgan fingerprint density at radius 3 is 2.55 bits per heavy atom. The largest absolute Gasteiger partial charge is 0.468 e. The first-order valence-electron chi connectivity index (χ1n) is 9.83.